The Morgan fingerprint density at radius 3 is 2.95 bits per heavy atom. The molecule has 0 radical (unpaired) electrons. The van der Waals surface area contributed by atoms with Crippen molar-refractivity contribution in [1.29, 1.82) is 0 Å². The first-order valence-electron chi connectivity index (χ1n) is 5.88. The van der Waals surface area contributed by atoms with Crippen LogP contribution in [0.2, 0.25) is 0 Å². The van der Waals surface area contributed by atoms with Gasteiger partial charge < -0.3 is 15.5 Å². The molecule has 1 aromatic carbocycles. The molecule has 0 atom stereocenters. The van der Waals surface area contributed by atoms with Gasteiger partial charge in [0.05, 0.1) is 5.69 Å². The first-order valence-corrected chi connectivity index (χ1v) is 6.75. The number of rotatable bonds is 3. The molecular weight excluding hydrogens is 258 g/mol. The fourth-order valence-corrected chi connectivity index (χ4v) is 3.13. The number of oxime groups is 1. The summed E-state index contributed by atoms with van der Waals surface area (Å²) >= 11 is 1.73. The number of nitrogens with two attached hydrogens (primary N) is 1. The molecule has 0 spiro atoms. The van der Waals surface area contributed by atoms with E-state index >= 15 is 0 Å². The number of aromatic nitrogens is 1. The number of hydrogen-bond acceptors (Lipinski definition) is 3. The summed E-state index contributed by atoms with van der Waals surface area (Å²) in [6, 6.07) is 12.0. The Bertz CT molecular complexity index is 742. The van der Waals surface area contributed by atoms with E-state index in [-0.39, 0.29) is 5.84 Å². The lowest BCUT2D eigenvalue weighted by Gasteiger charge is -2.07. The average Bonchev–Trinajstić information content (AvgIpc) is 3.06. The van der Waals surface area contributed by atoms with Crippen LogP contribution in [0.5, 0.6) is 0 Å². The number of benzene rings is 1. The van der Waals surface area contributed by atoms with Gasteiger partial charge in [0.25, 0.3) is 0 Å². The maximum absolute atomic E-state index is 8.78. The Labute approximate surface area is 114 Å². The highest BCUT2D eigenvalue weighted by Gasteiger charge is 2.09. The molecule has 0 unspecified atom stereocenters. The summed E-state index contributed by atoms with van der Waals surface area (Å²) in [7, 11) is 0. The molecule has 2 aromatic heterocycles. The molecule has 0 aliphatic carbocycles. The van der Waals surface area contributed by atoms with E-state index in [1.165, 1.54) is 15.6 Å². The summed E-state index contributed by atoms with van der Waals surface area (Å²) in [5, 5.41) is 15.2. The molecule has 0 saturated heterocycles. The fraction of sp³-hybridized carbons (Fsp3) is 0.0714. The second-order valence-electron chi connectivity index (χ2n) is 4.26. The predicted molar refractivity (Wildman–Crippen MR) is 77.9 cm³/mol. The van der Waals surface area contributed by atoms with Crippen LogP contribution in [-0.4, -0.2) is 15.6 Å². The average molecular weight is 271 g/mol. The van der Waals surface area contributed by atoms with Crippen LogP contribution in [0.1, 0.15) is 11.3 Å². The van der Waals surface area contributed by atoms with Gasteiger partial charge in [0.1, 0.15) is 0 Å². The highest BCUT2D eigenvalue weighted by Crippen LogP contribution is 2.26. The Kier molecular flexibility index (Phi) is 2.97. The van der Waals surface area contributed by atoms with Gasteiger partial charge >= 0.3 is 0 Å². The largest absolute Gasteiger partial charge is 0.409 e. The van der Waals surface area contributed by atoms with E-state index in [0.29, 0.717) is 6.54 Å². The Hall–Kier alpha value is -2.27. The molecule has 19 heavy (non-hydrogen) atoms. The van der Waals surface area contributed by atoms with Gasteiger partial charge in [0, 0.05) is 17.4 Å². The van der Waals surface area contributed by atoms with Gasteiger partial charge in [-0.25, -0.2) is 0 Å². The Morgan fingerprint density at radius 2 is 2.11 bits per heavy atom. The zero-order chi connectivity index (χ0) is 13.2. The van der Waals surface area contributed by atoms with E-state index in [1.54, 1.807) is 11.3 Å². The van der Waals surface area contributed by atoms with Gasteiger partial charge in [-0.2, -0.15) is 0 Å². The molecule has 0 aliphatic heterocycles. The summed E-state index contributed by atoms with van der Waals surface area (Å²) in [5.74, 6) is 0.129. The second-order valence-corrected chi connectivity index (χ2v) is 5.17. The lowest BCUT2D eigenvalue weighted by atomic mass is 10.2. The van der Waals surface area contributed by atoms with Crippen molar-refractivity contribution in [3.05, 3.63) is 59.2 Å². The van der Waals surface area contributed by atoms with Crippen LogP contribution in [0.4, 0.5) is 0 Å². The summed E-state index contributed by atoms with van der Waals surface area (Å²) in [6.07, 6.45) is 1.93. The van der Waals surface area contributed by atoms with Crippen molar-refractivity contribution in [2.45, 2.75) is 6.54 Å². The van der Waals surface area contributed by atoms with Gasteiger partial charge in [-0.15, -0.1) is 11.3 Å². The van der Waals surface area contributed by atoms with E-state index in [2.05, 4.69) is 22.7 Å². The van der Waals surface area contributed by atoms with Crippen LogP contribution >= 0.6 is 11.3 Å². The number of nitrogens with zero attached hydrogens (tertiary/aromatic N) is 2. The third kappa shape index (κ3) is 2.08. The predicted octanol–water partition coefficient (Wildman–Crippen LogP) is 2.85. The molecule has 0 amide bonds. The molecule has 0 bridgehead atoms. The molecule has 0 aliphatic rings. The van der Waals surface area contributed by atoms with Crippen LogP contribution < -0.4 is 5.73 Å². The maximum atomic E-state index is 8.78. The lowest BCUT2D eigenvalue weighted by Crippen LogP contribution is -2.18. The van der Waals surface area contributed by atoms with E-state index in [0.717, 1.165) is 5.69 Å². The van der Waals surface area contributed by atoms with Gasteiger partial charge in [-0.3, -0.25) is 0 Å². The van der Waals surface area contributed by atoms with Crippen LogP contribution in [0.3, 0.4) is 0 Å². The first kappa shape index (κ1) is 11.8. The molecule has 0 saturated carbocycles. The molecule has 3 N–H and O–H groups in total. The minimum atomic E-state index is 0.129. The van der Waals surface area contributed by atoms with E-state index in [9.17, 15) is 0 Å². The molecule has 4 nitrogen and oxygen atoms in total. The van der Waals surface area contributed by atoms with Crippen molar-refractivity contribution in [2.75, 3.05) is 0 Å². The topological polar surface area (TPSA) is 63.5 Å². The highest BCUT2D eigenvalue weighted by atomic mass is 32.1. The Balaban J connectivity index is 2.00. The van der Waals surface area contributed by atoms with Crippen molar-refractivity contribution in [1.82, 2.24) is 4.57 Å². The van der Waals surface area contributed by atoms with Gasteiger partial charge in [0.2, 0.25) is 0 Å². The van der Waals surface area contributed by atoms with Crippen molar-refractivity contribution >= 4 is 27.3 Å². The van der Waals surface area contributed by atoms with Crippen molar-refractivity contribution in [3.8, 4) is 0 Å². The summed E-state index contributed by atoms with van der Waals surface area (Å²) in [6.45, 7) is 0.711. The number of thiophene rings is 1. The van der Waals surface area contributed by atoms with Crippen molar-refractivity contribution < 1.29 is 5.21 Å². The Morgan fingerprint density at radius 1 is 1.26 bits per heavy atom. The minimum absolute atomic E-state index is 0.129. The van der Waals surface area contributed by atoms with E-state index < -0.39 is 0 Å². The van der Waals surface area contributed by atoms with Gasteiger partial charge in [-0.05, 0) is 34.5 Å². The van der Waals surface area contributed by atoms with Gasteiger partial charge in [-0.1, -0.05) is 23.4 Å². The molecule has 96 valence electrons. The monoisotopic (exact) mass is 271 g/mol. The molecule has 3 aromatic rings. The summed E-state index contributed by atoms with van der Waals surface area (Å²) in [5.41, 5.74) is 7.62. The van der Waals surface area contributed by atoms with E-state index in [1.807, 2.05) is 35.0 Å². The fourth-order valence-electron chi connectivity index (χ4n) is 2.17. The molecule has 5 heteroatoms. The first-order chi connectivity index (χ1) is 9.29. The van der Waals surface area contributed by atoms with Crippen LogP contribution in [0.15, 0.2) is 53.1 Å². The lowest BCUT2D eigenvalue weighted by molar-refractivity contribution is 0.318. The molecule has 2 heterocycles. The maximum Gasteiger partial charge on any atom is 0.186 e. The van der Waals surface area contributed by atoms with Crippen molar-refractivity contribution in [2.24, 2.45) is 10.9 Å². The second kappa shape index (κ2) is 4.78. The van der Waals surface area contributed by atoms with Gasteiger partial charge in [0.15, 0.2) is 5.84 Å². The number of fused-ring (bicyclic) bond motifs is 1. The quantitative estimate of drug-likeness (QED) is 0.333. The number of hydrogen-bond donors (Lipinski definition) is 2. The SMILES string of the molecule is N/C(=N/O)c1cccn1Cc1csc2ccccc12. The smallest absolute Gasteiger partial charge is 0.186 e. The molecular formula is C14H13N3OS. The summed E-state index contributed by atoms with van der Waals surface area (Å²) in [4.78, 5) is 0. The van der Waals surface area contributed by atoms with E-state index in [4.69, 9.17) is 10.9 Å². The zero-order valence-corrected chi connectivity index (χ0v) is 11.0. The molecule has 3 rings (SSSR count). The normalized spacial score (nSPS) is 12.1. The zero-order valence-electron chi connectivity index (χ0n) is 10.2. The third-order valence-electron chi connectivity index (χ3n) is 3.10. The highest BCUT2D eigenvalue weighted by molar-refractivity contribution is 7.17. The standard InChI is InChI=1S/C14H13N3OS/c15-14(16-18)12-5-3-7-17(12)8-10-9-19-13-6-2-1-4-11(10)13/h1-7,9,18H,8H2,(H2,15,16). The van der Waals surface area contributed by atoms with Crippen LogP contribution in [0.25, 0.3) is 10.1 Å². The summed E-state index contributed by atoms with van der Waals surface area (Å²) < 4.78 is 3.25. The van der Waals surface area contributed by atoms with Crippen LogP contribution in [-0.2, 0) is 6.54 Å². The van der Waals surface area contributed by atoms with Crippen LogP contribution in [0, 0.1) is 0 Å². The number of amidine groups is 1. The van der Waals surface area contributed by atoms with Crippen molar-refractivity contribution in [3.63, 3.8) is 0 Å². The molecule has 0 fully saturated rings. The minimum Gasteiger partial charge on any atom is -0.409 e. The third-order valence-corrected chi connectivity index (χ3v) is 4.11.